The van der Waals surface area contributed by atoms with Gasteiger partial charge >= 0.3 is 5.97 Å². The summed E-state index contributed by atoms with van der Waals surface area (Å²) in [5.74, 6) is 0.566. The van der Waals surface area contributed by atoms with E-state index >= 15 is 0 Å². The van der Waals surface area contributed by atoms with Crippen LogP contribution in [0, 0.1) is 6.92 Å². The van der Waals surface area contributed by atoms with Gasteiger partial charge in [-0.15, -0.1) is 0 Å². The molecular weight excluding hydrogens is 366 g/mol. The molecule has 0 radical (unpaired) electrons. The van der Waals surface area contributed by atoms with E-state index in [4.69, 9.17) is 16.3 Å². The Hall–Kier alpha value is -3.19. The van der Waals surface area contributed by atoms with Crippen molar-refractivity contribution in [1.82, 2.24) is 15.0 Å². The Morgan fingerprint density at radius 2 is 2.04 bits per heavy atom. The number of hydrogen-bond donors (Lipinski definition) is 2. The van der Waals surface area contributed by atoms with Crippen LogP contribution in [0.3, 0.4) is 0 Å². The number of carbonyl (C=O) groups is 1. The van der Waals surface area contributed by atoms with Crippen LogP contribution in [0.2, 0.25) is 5.02 Å². The fourth-order valence-corrected chi connectivity index (χ4v) is 2.55. The van der Waals surface area contributed by atoms with Gasteiger partial charge in [-0.25, -0.2) is 9.78 Å². The van der Waals surface area contributed by atoms with Crippen molar-refractivity contribution in [1.29, 1.82) is 0 Å². The van der Waals surface area contributed by atoms with Crippen LogP contribution >= 0.6 is 11.6 Å². The number of carbonyl (C=O) groups excluding carboxylic acids is 1. The van der Waals surface area contributed by atoms with Crippen molar-refractivity contribution >= 4 is 35.0 Å². The van der Waals surface area contributed by atoms with Gasteiger partial charge < -0.3 is 15.4 Å². The Morgan fingerprint density at radius 3 is 2.78 bits per heavy atom. The third kappa shape index (κ3) is 4.92. The summed E-state index contributed by atoms with van der Waals surface area (Å²) in [6, 6.07) is 12.4. The summed E-state index contributed by atoms with van der Waals surface area (Å²) >= 11 is 6.22. The monoisotopic (exact) mass is 383 g/mol. The number of benzene rings is 1. The highest BCUT2D eigenvalue weighted by atomic mass is 35.5. The number of hydrogen-bond acceptors (Lipinski definition) is 7. The molecule has 3 aromatic rings. The van der Waals surface area contributed by atoms with Crippen molar-refractivity contribution in [2.45, 2.75) is 13.5 Å². The number of ether oxygens (including phenoxy) is 1. The van der Waals surface area contributed by atoms with Gasteiger partial charge in [0, 0.05) is 18.0 Å². The number of pyridine rings is 1. The Balaban J connectivity index is 1.79. The molecular formula is C19H18ClN5O2. The summed E-state index contributed by atoms with van der Waals surface area (Å²) in [5, 5.41) is 6.71. The topological polar surface area (TPSA) is 89.0 Å². The number of anilines is 3. The van der Waals surface area contributed by atoms with Crippen LogP contribution in [-0.4, -0.2) is 28.0 Å². The van der Waals surface area contributed by atoms with Crippen molar-refractivity contribution in [3.05, 3.63) is 70.6 Å². The number of nitrogens with zero attached hydrogens (tertiary/aromatic N) is 3. The van der Waals surface area contributed by atoms with E-state index < -0.39 is 5.97 Å². The van der Waals surface area contributed by atoms with Gasteiger partial charge in [0.05, 0.1) is 35.6 Å². The smallest absolute Gasteiger partial charge is 0.337 e. The van der Waals surface area contributed by atoms with Crippen LogP contribution in [0.4, 0.5) is 17.5 Å². The van der Waals surface area contributed by atoms with E-state index in [9.17, 15) is 4.79 Å². The minimum Gasteiger partial charge on any atom is -0.465 e. The van der Waals surface area contributed by atoms with E-state index in [0.717, 1.165) is 11.4 Å². The molecule has 27 heavy (non-hydrogen) atoms. The largest absolute Gasteiger partial charge is 0.465 e. The molecule has 0 atom stereocenters. The lowest BCUT2D eigenvalue weighted by Gasteiger charge is -2.11. The fraction of sp³-hybridized carbons (Fsp3) is 0.158. The molecule has 0 saturated heterocycles. The maximum atomic E-state index is 11.7. The standard InChI is InChI=1S/C19H18ClN5O2/c1-12-9-17(22-11-14-5-3-4-8-21-14)25-19(23-12)24-16-10-13(18(26)27-2)6-7-15(16)20/h3-10H,11H2,1-2H3,(H2,22,23,24,25). The molecule has 2 aromatic heterocycles. The number of aromatic nitrogens is 3. The summed E-state index contributed by atoms with van der Waals surface area (Å²) in [6.45, 7) is 2.40. The van der Waals surface area contributed by atoms with Gasteiger partial charge in [-0.05, 0) is 37.3 Å². The molecule has 0 aliphatic heterocycles. The lowest BCUT2D eigenvalue weighted by atomic mass is 10.2. The molecule has 7 nitrogen and oxygen atoms in total. The van der Waals surface area contributed by atoms with Crippen LogP contribution in [0.15, 0.2) is 48.7 Å². The van der Waals surface area contributed by atoms with Gasteiger partial charge in [-0.3, -0.25) is 4.98 Å². The summed E-state index contributed by atoms with van der Waals surface area (Å²) in [4.78, 5) is 24.8. The minimum absolute atomic E-state index is 0.363. The van der Waals surface area contributed by atoms with E-state index in [0.29, 0.717) is 34.6 Å². The third-order valence-electron chi connectivity index (χ3n) is 3.66. The van der Waals surface area contributed by atoms with Crippen LogP contribution in [0.1, 0.15) is 21.7 Å². The molecule has 0 spiro atoms. The molecule has 2 N–H and O–H groups in total. The lowest BCUT2D eigenvalue weighted by Crippen LogP contribution is -2.07. The summed E-state index contributed by atoms with van der Waals surface area (Å²) in [6.07, 6.45) is 1.74. The van der Waals surface area contributed by atoms with Crippen molar-refractivity contribution in [3.8, 4) is 0 Å². The van der Waals surface area contributed by atoms with Crippen molar-refractivity contribution in [2.75, 3.05) is 17.7 Å². The van der Waals surface area contributed by atoms with Crippen molar-refractivity contribution in [3.63, 3.8) is 0 Å². The predicted molar refractivity (Wildman–Crippen MR) is 104 cm³/mol. The molecule has 0 saturated carbocycles. The number of esters is 1. The SMILES string of the molecule is COC(=O)c1ccc(Cl)c(Nc2nc(C)cc(NCc3ccccn3)n2)c1. The zero-order chi connectivity index (χ0) is 19.2. The fourth-order valence-electron chi connectivity index (χ4n) is 2.39. The van der Waals surface area contributed by atoms with E-state index in [-0.39, 0.29) is 0 Å². The predicted octanol–water partition coefficient (Wildman–Crippen LogP) is 3.98. The second-order valence-electron chi connectivity index (χ2n) is 5.70. The third-order valence-corrected chi connectivity index (χ3v) is 3.99. The Kier molecular flexibility index (Phi) is 5.83. The number of nitrogens with one attached hydrogen (secondary N) is 2. The first-order valence-electron chi connectivity index (χ1n) is 8.19. The summed E-state index contributed by atoms with van der Waals surface area (Å²) < 4.78 is 4.74. The number of rotatable bonds is 6. The second kappa shape index (κ2) is 8.46. The van der Waals surface area contributed by atoms with Crippen molar-refractivity contribution in [2.24, 2.45) is 0 Å². The number of methoxy groups -OCH3 is 1. The van der Waals surface area contributed by atoms with E-state index in [1.54, 1.807) is 24.4 Å². The van der Waals surface area contributed by atoms with Crippen LogP contribution in [0.5, 0.6) is 0 Å². The number of aryl methyl sites for hydroxylation is 1. The summed E-state index contributed by atoms with van der Waals surface area (Å²) in [7, 11) is 1.33. The first-order chi connectivity index (χ1) is 13.0. The summed E-state index contributed by atoms with van der Waals surface area (Å²) in [5.41, 5.74) is 2.57. The van der Waals surface area contributed by atoms with Gasteiger partial charge in [0.2, 0.25) is 5.95 Å². The molecule has 0 amide bonds. The maximum Gasteiger partial charge on any atom is 0.337 e. The van der Waals surface area contributed by atoms with Crippen LogP contribution in [-0.2, 0) is 11.3 Å². The van der Waals surface area contributed by atoms with Crippen LogP contribution < -0.4 is 10.6 Å². The van der Waals surface area contributed by atoms with Gasteiger partial charge in [-0.1, -0.05) is 17.7 Å². The average molecular weight is 384 g/mol. The van der Waals surface area contributed by atoms with Gasteiger partial charge in [0.1, 0.15) is 5.82 Å². The molecule has 138 valence electrons. The molecule has 0 unspecified atom stereocenters. The highest BCUT2D eigenvalue weighted by Gasteiger charge is 2.11. The Labute approximate surface area is 161 Å². The molecule has 8 heteroatoms. The van der Waals surface area contributed by atoms with E-state index in [2.05, 4.69) is 25.6 Å². The number of halogens is 1. The molecule has 0 bridgehead atoms. The minimum atomic E-state index is -0.447. The molecule has 2 heterocycles. The van der Waals surface area contributed by atoms with Crippen molar-refractivity contribution < 1.29 is 9.53 Å². The van der Waals surface area contributed by atoms with Crippen LogP contribution in [0.25, 0.3) is 0 Å². The van der Waals surface area contributed by atoms with E-state index in [1.165, 1.54) is 7.11 Å². The zero-order valence-corrected chi connectivity index (χ0v) is 15.6. The second-order valence-corrected chi connectivity index (χ2v) is 6.11. The normalized spacial score (nSPS) is 10.3. The first kappa shape index (κ1) is 18.6. The Bertz CT molecular complexity index is 950. The Morgan fingerprint density at radius 1 is 1.19 bits per heavy atom. The molecule has 3 rings (SSSR count). The first-order valence-corrected chi connectivity index (χ1v) is 8.57. The quantitative estimate of drug-likeness (QED) is 0.622. The molecule has 0 aliphatic carbocycles. The van der Waals surface area contributed by atoms with E-state index in [1.807, 2.05) is 31.2 Å². The van der Waals surface area contributed by atoms with Gasteiger partial charge in [-0.2, -0.15) is 4.98 Å². The maximum absolute atomic E-state index is 11.7. The molecule has 0 aliphatic rings. The highest BCUT2D eigenvalue weighted by Crippen LogP contribution is 2.26. The molecule has 0 fully saturated rings. The average Bonchev–Trinajstić information content (AvgIpc) is 2.68. The molecule has 1 aromatic carbocycles. The van der Waals surface area contributed by atoms with Gasteiger partial charge in [0.15, 0.2) is 0 Å². The van der Waals surface area contributed by atoms with Gasteiger partial charge in [0.25, 0.3) is 0 Å². The zero-order valence-electron chi connectivity index (χ0n) is 14.9. The lowest BCUT2D eigenvalue weighted by molar-refractivity contribution is 0.0601. The highest BCUT2D eigenvalue weighted by molar-refractivity contribution is 6.33.